The lowest BCUT2D eigenvalue weighted by Crippen LogP contribution is -2.20. The molecule has 1 aliphatic carbocycles. The summed E-state index contributed by atoms with van der Waals surface area (Å²) < 4.78 is 0. The highest BCUT2D eigenvalue weighted by Gasteiger charge is 2.24. The highest BCUT2D eigenvalue weighted by Crippen LogP contribution is 2.24. The van der Waals surface area contributed by atoms with Crippen LogP contribution in [0.3, 0.4) is 0 Å². The fraction of sp³-hybridized carbons (Fsp3) is 0.750. The number of rotatable bonds is 4. The van der Waals surface area contributed by atoms with Gasteiger partial charge in [-0.15, -0.1) is 11.6 Å². The average Bonchev–Trinajstić information content (AvgIpc) is 2.69. The van der Waals surface area contributed by atoms with Crippen molar-refractivity contribution in [2.45, 2.75) is 18.9 Å². The molecule has 0 amide bonds. The van der Waals surface area contributed by atoms with E-state index in [4.69, 9.17) is 11.6 Å². The lowest BCUT2D eigenvalue weighted by atomic mass is 10.4. The van der Waals surface area contributed by atoms with Gasteiger partial charge in [-0.3, -0.25) is 4.90 Å². The Morgan fingerprint density at radius 3 is 2.70 bits per heavy atom. The minimum Gasteiger partial charge on any atom is -0.300 e. The zero-order valence-electron chi connectivity index (χ0n) is 6.39. The van der Waals surface area contributed by atoms with Crippen molar-refractivity contribution in [1.29, 1.82) is 0 Å². The Morgan fingerprint density at radius 1 is 1.50 bits per heavy atom. The third-order valence-corrected chi connectivity index (χ3v) is 2.00. The van der Waals surface area contributed by atoms with Crippen molar-refractivity contribution < 1.29 is 0 Å². The molecule has 1 aliphatic rings. The summed E-state index contributed by atoms with van der Waals surface area (Å²) in [6.45, 7) is 1.05. The minimum atomic E-state index is 0.637. The lowest BCUT2D eigenvalue weighted by Gasteiger charge is -2.11. The van der Waals surface area contributed by atoms with Crippen LogP contribution in [0.4, 0.5) is 0 Å². The number of nitrogens with zero attached hydrogens (tertiary/aromatic N) is 1. The van der Waals surface area contributed by atoms with Crippen molar-refractivity contribution in [1.82, 2.24) is 4.90 Å². The molecule has 0 unspecified atom stereocenters. The Bertz CT molecular complexity index is 118. The molecule has 0 spiro atoms. The molecule has 1 nitrogen and oxygen atoms in total. The van der Waals surface area contributed by atoms with E-state index in [1.807, 2.05) is 6.08 Å². The van der Waals surface area contributed by atoms with E-state index in [0.29, 0.717) is 5.88 Å². The summed E-state index contributed by atoms with van der Waals surface area (Å²) in [5, 5.41) is 0. The van der Waals surface area contributed by atoms with Gasteiger partial charge in [0.2, 0.25) is 0 Å². The summed E-state index contributed by atoms with van der Waals surface area (Å²) >= 11 is 5.47. The van der Waals surface area contributed by atoms with Crippen molar-refractivity contribution in [3.63, 3.8) is 0 Å². The standard InChI is InChI=1S/C8H14ClN/c1-10(8-4-5-8)7-3-2-6-9/h2-3,8H,4-7H2,1H3. The van der Waals surface area contributed by atoms with E-state index in [2.05, 4.69) is 18.0 Å². The summed E-state index contributed by atoms with van der Waals surface area (Å²) in [4.78, 5) is 2.36. The third kappa shape index (κ3) is 2.72. The second-order valence-electron chi connectivity index (χ2n) is 2.80. The van der Waals surface area contributed by atoms with Crippen molar-refractivity contribution in [3.8, 4) is 0 Å². The predicted molar refractivity (Wildman–Crippen MR) is 45.5 cm³/mol. The number of hydrogen-bond acceptors (Lipinski definition) is 1. The van der Waals surface area contributed by atoms with Crippen molar-refractivity contribution in [2.75, 3.05) is 19.5 Å². The van der Waals surface area contributed by atoms with Crippen LogP contribution in [0.1, 0.15) is 12.8 Å². The van der Waals surface area contributed by atoms with Crippen LogP contribution in [0.15, 0.2) is 12.2 Å². The molecule has 1 rings (SSSR count). The zero-order chi connectivity index (χ0) is 7.40. The zero-order valence-corrected chi connectivity index (χ0v) is 7.14. The first-order valence-electron chi connectivity index (χ1n) is 3.76. The largest absolute Gasteiger partial charge is 0.300 e. The minimum absolute atomic E-state index is 0.637. The predicted octanol–water partition coefficient (Wildman–Crippen LogP) is 1.88. The van der Waals surface area contributed by atoms with Gasteiger partial charge in [-0.05, 0) is 19.9 Å². The van der Waals surface area contributed by atoms with Gasteiger partial charge in [0.05, 0.1) is 0 Å². The first-order chi connectivity index (χ1) is 4.84. The molecular formula is C8H14ClN. The quantitative estimate of drug-likeness (QED) is 0.447. The molecule has 0 aromatic heterocycles. The normalized spacial score (nSPS) is 19.1. The maximum Gasteiger partial charge on any atom is 0.0404 e. The van der Waals surface area contributed by atoms with Gasteiger partial charge in [-0.25, -0.2) is 0 Å². The van der Waals surface area contributed by atoms with E-state index < -0.39 is 0 Å². The molecule has 0 atom stereocenters. The fourth-order valence-corrected chi connectivity index (χ4v) is 1.09. The molecule has 1 fully saturated rings. The molecule has 1 saturated carbocycles. The van der Waals surface area contributed by atoms with Crippen molar-refractivity contribution >= 4 is 11.6 Å². The Morgan fingerprint density at radius 2 is 2.20 bits per heavy atom. The molecule has 10 heavy (non-hydrogen) atoms. The average molecular weight is 160 g/mol. The number of allylic oxidation sites excluding steroid dienone is 1. The highest BCUT2D eigenvalue weighted by molar-refractivity contribution is 6.18. The maximum absolute atomic E-state index is 5.47. The summed E-state index contributed by atoms with van der Waals surface area (Å²) in [7, 11) is 2.16. The Labute approximate surface area is 67.7 Å². The van der Waals surface area contributed by atoms with Crippen LogP contribution >= 0.6 is 11.6 Å². The van der Waals surface area contributed by atoms with Crippen molar-refractivity contribution in [2.24, 2.45) is 0 Å². The smallest absolute Gasteiger partial charge is 0.0404 e. The first kappa shape index (κ1) is 8.09. The van der Waals surface area contributed by atoms with Gasteiger partial charge >= 0.3 is 0 Å². The molecule has 0 aliphatic heterocycles. The van der Waals surface area contributed by atoms with Crippen LogP contribution in [0.2, 0.25) is 0 Å². The number of hydrogen-bond donors (Lipinski definition) is 0. The van der Waals surface area contributed by atoms with Crippen LogP contribution in [0, 0.1) is 0 Å². The summed E-state index contributed by atoms with van der Waals surface area (Å²) in [6, 6.07) is 0.861. The van der Waals surface area contributed by atoms with Crippen LogP contribution in [-0.2, 0) is 0 Å². The second-order valence-corrected chi connectivity index (χ2v) is 3.11. The van der Waals surface area contributed by atoms with Crippen LogP contribution < -0.4 is 0 Å². The molecule has 0 aromatic rings. The number of alkyl halides is 1. The van der Waals surface area contributed by atoms with Gasteiger partial charge in [-0.1, -0.05) is 12.2 Å². The molecule has 0 bridgehead atoms. The van der Waals surface area contributed by atoms with Crippen LogP contribution in [0.25, 0.3) is 0 Å². The van der Waals surface area contributed by atoms with Gasteiger partial charge in [0.1, 0.15) is 0 Å². The fourth-order valence-electron chi connectivity index (χ4n) is 0.968. The lowest BCUT2D eigenvalue weighted by molar-refractivity contribution is 0.360. The number of likely N-dealkylation sites (N-methyl/N-ethyl adjacent to an activating group) is 1. The summed E-state index contributed by atoms with van der Waals surface area (Å²) in [5.74, 6) is 0.637. The molecule has 0 N–H and O–H groups in total. The Balaban J connectivity index is 2.05. The highest BCUT2D eigenvalue weighted by atomic mass is 35.5. The maximum atomic E-state index is 5.47. The molecule has 2 heteroatoms. The summed E-state index contributed by atoms with van der Waals surface area (Å²) in [5.41, 5.74) is 0. The number of halogens is 1. The van der Waals surface area contributed by atoms with E-state index in [9.17, 15) is 0 Å². The van der Waals surface area contributed by atoms with Gasteiger partial charge in [0.15, 0.2) is 0 Å². The van der Waals surface area contributed by atoms with Crippen LogP contribution in [-0.4, -0.2) is 30.4 Å². The monoisotopic (exact) mass is 159 g/mol. The summed E-state index contributed by atoms with van der Waals surface area (Å²) in [6.07, 6.45) is 6.89. The topological polar surface area (TPSA) is 3.24 Å². The van der Waals surface area contributed by atoms with E-state index in [1.165, 1.54) is 12.8 Å². The van der Waals surface area contributed by atoms with E-state index in [0.717, 1.165) is 12.6 Å². The van der Waals surface area contributed by atoms with E-state index in [1.54, 1.807) is 0 Å². The molecule has 58 valence electrons. The Kier molecular flexibility index (Phi) is 3.23. The first-order valence-corrected chi connectivity index (χ1v) is 4.29. The van der Waals surface area contributed by atoms with Gasteiger partial charge in [-0.2, -0.15) is 0 Å². The van der Waals surface area contributed by atoms with Gasteiger partial charge in [0, 0.05) is 18.5 Å². The molecule has 0 aromatic carbocycles. The third-order valence-electron chi connectivity index (χ3n) is 1.82. The SMILES string of the molecule is CN(CC=CCCl)C1CC1. The van der Waals surface area contributed by atoms with Crippen LogP contribution in [0.5, 0.6) is 0 Å². The molecule has 0 heterocycles. The molecule has 0 radical (unpaired) electrons. The van der Waals surface area contributed by atoms with Gasteiger partial charge in [0.25, 0.3) is 0 Å². The van der Waals surface area contributed by atoms with E-state index in [-0.39, 0.29) is 0 Å². The van der Waals surface area contributed by atoms with Gasteiger partial charge < -0.3 is 0 Å². The molecule has 0 saturated heterocycles. The Hall–Kier alpha value is -0.0100. The second kappa shape index (κ2) is 3.99. The molecular weight excluding hydrogens is 146 g/mol. The van der Waals surface area contributed by atoms with Crippen molar-refractivity contribution in [3.05, 3.63) is 12.2 Å². The van der Waals surface area contributed by atoms with E-state index >= 15 is 0 Å².